The smallest absolute Gasteiger partial charge is 0.252 e. The maximum atomic E-state index is 13.0. The van der Waals surface area contributed by atoms with Crippen molar-refractivity contribution in [3.8, 4) is 0 Å². The molecular formula is C22H19ClFN5O. The molecule has 30 heavy (non-hydrogen) atoms. The van der Waals surface area contributed by atoms with Crippen LogP contribution >= 0.6 is 11.6 Å². The van der Waals surface area contributed by atoms with Gasteiger partial charge in [0.1, 0.15) is 5.82 Å². The zero-order valence-corrected chi connectivity index (χ0v) is 17.2. The van der Waals surface area contributed by atoms with Crippen molar-refractivity contribution < 1.29 is 9.18 Å². The monoisotopic (exact) mass is 423 g/mol. The molecule has 0 radical (unpaired) electrons. The minimum Gasteiger partial charge on any atom is -0.326 e. The van der Waals surface area contributed by atoms with Crippen LogP contribution in [0.2, 0.25) is 5.02 Å². The van der Waals surface area contributed by atoms with E-state index in [0.29, 0.717) is 28.7 Å². The lowest BCUT2D eigenvalue weighted by atomic mass is 10.0. The second-order valence-electron chi connectivity index (χ2n) is 7.04. The first-order valence-corrected chi connectivity index (χ1v) is 9.78. The standard InChI is InChI=1S/C22H19ClFN5O/c1-13-19(11-15-3-5-16(23)6-4-15)14(2)29-22(25-13)27-20(28-29)12-21(30)26-18-9-7-17(24)8-10-18/h3-10H,11-12H2,1-2H3,(H,26,30). The van der Waals surface area contributed by atoms with Crippen LogP contribution in [0.4, 0.5) is 10.1 Å². The average Bonchev–Trinajstić information content (AvgIpc) is 3.10. The molecule has 0 unspecified atom stereocenters. The van der Waals surface area contributed by atoms with E-state index in [1.165, 1.54) is 24.3 Å². The number of rotatable bonds is 5. The minimum absolute atomic E-state index is 0.00819. The molecule has 0 fully saturated rings. The van der Waals surface area contributed by atoms with Crippen molar-refractivity contribution in [1.29, 1.82) is 0 Å². The van der Waals surface area contributed by atoms with Gasteiger partial charge < -0.3 is 5.32 Å². The van der Waals surface area contributed by atoms with E-state index in [4.69, 9.17) is 11.6 Å². The van der Waals surface area contributed by atoms with E-state index in [2.05, 4.69) is 20.4 Å². The number of hydrogen-bond donors (Lipinski definition) is 1. The molecule has 1 N–H and O–H groups in total. The minimum atomic E-state index is -0.360. The van der Waals surface area contributed by atoms with Gasteiger partial charge in [0.2, 0.25) is 5.91 Å². The van der Waals surface area contributed by atoms with Gasteiger partial charge in [0, 0.05) is 28.5 Å². The van der Waals surface area contributed by atoms with E-state index < -0.39 is 0 Å². The van der Waals surface area contributed by atoms with E-state index in [9.17, 15) is 9.18 Å². The van der Waals surface area contributed by atoms with Gasteiger partial charge in [-0.3, -0.25) is 4.79 Å². The summed E-state index contributed by atoms with van der Waals surface area (Å²) in [4.78, 5) is 21.3. The number of nitrogens with zero attached hydrogens (tertiary/aromatic N) is 4. The Morgan fingerprint density at radius 1 is 1.07 bits per heavy atom. The van der Waals surface area contributed by atoms with Crippen molar-refractivity contribution in [2.24, 2.45) is 0 Å². The summed E-state index contributed by atoms with van der Waals surface area (Å²) in [5.41, 5.74) is 4.47. The summed E-state index contributed by atoms with van der Waals surface area (Å²) in [6, 6.07) is 13.3. The first kappa shape index (κ1) is 20.0. The lowest BCUT2D eigenvalue weighted by Gasteiger charge is -2.10. The number of aryl methyl sites for hydroxylation is 2. The van der Waals surface area contributed by atoms with Crippen LogP contribution in [0.1, 0.15) is 28.3 Å². The number of hydrogen-bond acceptors (Lipinski definition) is 4. The number of carbonyl (C=O) groups is 1. The van der Waals surface area contributed by atoms with Crippen molar-refractivity contribution in [3.63, 3.8) is 0 Å². The van der Waals surface area contributed by atoms with Crippen LogP contribution < -0.4 is 5.32 Å². The summed E-state index contributed by atoms with van der Waals surface area (Å²) >= 11 is 5.97. The molecule has 8 heteroatoms. The lowest BCUT2D eigenvalue weighted by molar-refractivity contribution is -0.115. The third kappa shape index (κ3) is 4.31. The molecule has 2 heterocycles. The fraction of sp³-hybridized carbons (Fsp3) is 0.182. The van der Waals surface area contributed by atoms with Crippen LogP contribution in [0.25, 0.3) is 5.78 Å². The van der Waals surface area contributed by atoms with Crippen LogP contribution in [0.15, 0.2) is 48.5 Å². The van der Waals surface area contributed by atoms with Crippen LogP contribution in [0.3, 0.4) is 0 Å². The number of nitrogens with one attached hydrogen (secondary N) is 1. The van der Waals surface area contributed by atoms with E-state index in [1.54, 1.807) is 4.52 Å². The first-order valence-electron chi connectivity index (χ1n) is 9.40. The largest absolute Gasteiger partial charge is 0.326 e. The summed E-state index contributed by atoms with van der Waals surface area (Å²) in [5, 5.41) is 7.87. The molecule has 152 valence electrons. The van der Waals surface area contributed by atoms with Crippen LogP contribution in [0.5, 0.6) is 0 Å². The van der Waals surface area contributed by atoms with E-state index >= 15 is 0 Å². The summed E-state index contributed by atoms with van der Waals surface area (Å²) in [6.07, 6.45) is 0.684. The van der Waals surface area contributed by atoms with Gasteiger partial charge in [-0.05, 0) is 61.4 Å². The molecule has 2 aromatic carbocycles. The van der Waals surface area contributed by atoms with Crippen LogP contribution in [0, 0.1) is 19.7 Å². The van der Waals surface area contributed by atoms with Gasteiger partial charge in [-0.2, -0.15) is 4.98 Å². The molecule has 0 aliphatic heterocycles. The van der Waals surface area contributed by atoms with Crippen LogP contribution in [-0.4, -0.2) is 25.5 Å². The van der Waals surface area contributed by atoms with Gasteiger partial charge in [-0.15, -0.1) is 5.10 Å². The molecule has 4 rings (SSSR count). The quantitative estimate of drug-likeness (QED) is 0.519. The lowest BCUT2D eigenvalue weighted by Crippen LogP contribution is -2.15. The maximum Gasteiger partial charge on any atom is 0.252 e. The summed E-state index contributed by atoms with van der Waals surface area (Å²) in [5.74, 6) is 0.178. The Bertz CT molecular complexity index is 1220. The predicted octanol–water partition coefficient (Wildman–Crippen LogP) is 4.31. The van der Waals surface area contributed by atoms with Crippen molar-refractivity contribution >= 4 is 29.0 Å². The molecule has 0 atom stereocenters. The topological polar surface area (TPSA) is 72.2 Å². The van der Waals surface area contributed by atoms with Gasteiger partial charge >= 0.3 is 0 Å². The van der Waals surface area contributed by atoms with Crippen molar-refractivity contribution in [2.75, 3.05) is 5.32 Å². The van der Waals surface area contributed by atoms with Crippen molar-refractivity contribution in [1.82, 2.24) is 19.6 Å². The van der Waals surface area contributed by atoms with E-state index in [-0.39, 0.29) is 18.1 Å². The highest BCUT2D eigenvalue weighted by Crippen LogP contribution is 2.19. The molecular weight excluding hydrogens is 405 g/mol. The molecule has 0 bridgehead atoms. The average molecular weight is 424 g/mol. The summed E-state index contributed by atoms with van der Waals surface area (Å²) in [7, 11) is 0. The third-order valence-electron chi connectivity index (χ3n) is 4.83. The van der Waals surface area contributed by atoms with E-state index in [0.717, 1.165) is 22.5 Å². The molecule has 0 spiro atoms. The fourth-order valence-corrected chi connectivity index (χ4v) is 3.39. The predicted molar refractivity (Wildman–Crippen MR) is 113 cm³/mol. The molecule has 0 saturated heterocycles. The van der Waals surface area contributed by atoms with Gasteiger partial charge in [-0.1, -0.05) is 23.7 Å². The van der Waals surface area contributed by atoms with E-state index in [1.807, 2.05) is 38.1 Å². The third-order valence-corrected chi connectivity index (χ3v) is 5.09. The second-order valence-corrected chi connectivity index (χ2v) is 7.47. The number of aromatic nitrogens is 4. The number of halogens is 2. The molecule has 0 saturated carbocycles. The van der Waals surface area contributed by atoms with Gasteiger partial charge in [0.15, 0.2) is 5.82 Å². The fourth-order valence-electron chi connectivity index (χ4n) is 3.27. The second kappa shape index (κ2) is 8.20. The highest BCUT2D eigenvalue weighted by Gasteiger charge is 2.16. The number of benzene rings is 2. The Kier molecular flexibility index (Phi) is 5.46. The molecule has 4 aromatic rings. The Morgan fingerprint density at radius 3 is 2.47 bits per heavy atom. The summed E-state index contributed by atoms with van der Waals surface area (Å²) < 4.78 is 14.7. The molecule has 0 aliphatic carbocycles. The van der Waals surface area contributed by atoms with Gasteiger partial charge in [0.25, 0.3) is 5.78 Å². The maximum absolute atomic E-state index is 13.0. The Morgan fingerprint density at radius 2 is 1.77 bits per heavy atom. The van der Waals surface area contributed by atoms with Gasteiger partial charge in [0.05, 0.1) is 6.42 Å². The number of fused-ring (bicyclic) bond motifs is 1. The summed E-state index contributed by atoms with van der Waals surface area (Å²) in [6.45, 7) is 3.90. The van der Waals surface area contributed by atoms with Gasteiger partial charge in [-0.25, -0.2) is 13.9 Å². The zero-order chi connectivity index (χ0) is 21.3. The highest BCUT2D eigenvalue weighted by atomic mass is 35.5. The Hall–Kier alpha value is -3.32. The van der Waals surface area contributed by atoms with Crippen molar-refractivity contribution in [2.45, 2.75) is 26.7 Å². The Labute approximate surface area is 177 Å². The SMILES string of the molecule is Cc1nc2nc(CC(=O)Nc3ccc(F)cc3)nn2c(C)c1Cc1ccc(Cl)cc1. The van der Waals surface area contributed by atoms with Crippen molar-refractivity contribution in [3.05, 3.63) is 87.7 Å². The zero-order valence-electron chi connectivity index (χ0n) is 16.5. The molecule has 2 aromatic heterocycles. The Balaban J connectivity index is 1.56. The van der Waals surface area contributed by atoms with Crippen LogP contribution in [-0.2, 0) is 17.6 Å². The first-order chi connectivity index (χ1) is 14.4. The molecule has 6 nitrogen and oxygen atoms in total. The normalized spacial score (nSPS) is 11.1. The molecule has 1 amide bonds. The molecule has 0 aliphatic rings. The number of anilines is 1. The highest BCUT2D eigenvalue weighted by molar-refractivity contribution is 6.30. The number of amides is 1. The number of carbonyl (C=O) groups excluding carboxylic acids is 1.